The van der Waals surface area contributed by atoms with Gasteiger partial charge in [-0.1, -0.05) is 45.8 Å². The second-order valence-corrected chi connectivity index (χ2v) is 11.4. The van der Waals surface area contributed by atoms with Crippen LogP contribution in [0.3, 0.4) is 0 Å². The highest BCUT2D eigenvalue weighted by Crippen LogP contribution is 2.24. The minimum absolute atomic E-state index is 0.0905. The number of hydrogen-bond acceptors (Lipinski definition) is 4. The van der Waals surface area contributed by atoms with Gasteiger partial charge in [0.05, 0.1) is 11.9 Å². The van der Waals surface area contributed by atoms with Crippen molar-refractivity contribution in [2.24, 2.45) is 0 Å². The molecule has 0 radical (unpaired) electrons. The number of aryl methyl sites for hydroxylation is 2. The van der Waals surface area contributed by atoms with Crippen LogP contribution in [-0.4, -0.2) is 50.0 Å². The Kier molecular flexibility index (Phi) is 9.08. The van der Waals surface area contributed by atoms with Crippen LogP contribution in [0.5, 0.6) is 0 Å². The first-order chi connectivity index (χ1) is 15.3. The number of amides is 2. The zero-order chi connectivity index (χ0) is 24.9. The third-order valence-corrected chi connectivity index (χ3v) is 6.82. The number of carbonyl (C=O) groups excluding carboxylic acids is 2. The molecule has 0 bridgehead atoms. The summed E-state index contributed by atoms with van der Waals surface area (Å²) in [6, 6.07) is 11.9. The van der Waals surface area contributed by atoms with Crippen LogP contribution in [0, 0.1) is 13.8 Å². The molecule has 0 fully saturated rings. The molecule has 1 atom stereocenters. The highest BCUT2D eigenvalue weighted by atomic mass is 79.9. The molecule has 0 heterocycles. The zero-order valence-electron chi connectivity index (χ0n) is 19.9. The molecule has 0 saturated carbocycles. The van der Waals surface area contributed by atoms with Crippen LogP contribution in [0.4, 0.5) is 5.69 Å². The van der Waals surface area contributed by atoms with E-state index in [0.29, 0.717) is 5.69 Å². The summed E-state index contributed by atoms with van der Waals surface area (Å²) in [5.41, 5.74) is 3.01. The smallest absolute Gasteiger partial charge is 0.244 e. The maximum Gasteiger partial charge on any atom is 0.244 e. The van der Waals surface area contributed by atoms with Gasteiger partial charge in [0, 0.05) is 17.1 Å². The van der Waals surface area contributed by atoms with Crippen molar-refractivity contribution in [1.29, 1.82) is 0 Å². The van der Waals surface area contributed by atoms with Gasteiger partial charge in [0.25, 0.3) is 0 Å². The first-order valence-electron chi connectivity index (χ1n) is 10.7. The van der Waals surface area contributed by atoms with Crippen LogP contribution in [0.25, 0.3) is 0 Å². The summed E-state index contributed by atoms with van der Waals surface area (Å²) in [7, 11) is -3.75. The second kappa shape index (κ2) is 11.2. The van der Waals surface area contributed by atoms with Gasteiger partial charge in [-0.25, -0.2) is 8.42 Å². The van der Waals surface area contributed by atoms with Gasteiger partial charge in [0.2, 0.25) is 21.8 Å². The van der Waals surface area contributed by atoms with Crippen LogP contribution < -0.4 is 9.62 Å². The number of nitrogens with zero attached hydrogens (tertiary/aromatic N) is 2. The molecule has 180 valence electrons. The lowest BCUT2D eigenvalue weighted by Gasteiger charge is -2.32. The molecule has 33 heavy (non-hydrogen) atoms. The van der Waals surface area contributed by atoms with Crippen molar-refractivity contribution in [3.8, 4) is 0 Å². The fraction of sp³-hybridized carbons (Fsp3) is 0.417. The Morgan fingerprint density at radius 1 is 1.03 bits per heavy atom. The number of nitrogens with one attached hydrogen (secondary N) is 1. The van der Waals surface area contributed by atoms with E-state index in [-0.39, 0.29) is 18.5 Å². The Morgan fingerprint density at radius 3 is 2.15 bits per heavy atom. The van der Waals surface area contributed by atoms with Crippen LogP contribution in [-0.2, 0) is 26.2 Å². The maximum atomic E-state index is 13.5. The molecule has 2 amide bonds. The summed E-state index contributed by atoms with van der Waals surface area (Å²) < 4.78 is 27.3. The normalized spacial score (nSPS) is 12.4. The monoisotopic (exact) mass is 537 g/mol. The summed E-state index contributed by atoms with van der Waals surface area (Å²) in [5.74, 6) is -0.761. The average molecular weight is 539 g/mol. The van der Waals surface area contributed by atoms with Crippen molar-refractivity contribution in [1.82, 2.24) is 10.2 Å². The minimum atomic E-state index is -3.75. The molecular weight excluding hydrogens is 506 g/mol. The molecular formula is C24H32BrN3O4S. The average Bonchev–Trinajstić information content (AvgIpc) is 2.70. The van der Waals surface area contributed by atoms with Crippen LogP contribution in [0.2, 0.25) is 0 Å². The molecule has 9 heteroatoms. The molecule has 2 aromatic rings. The van der Waals surface area contributed by atoms with E-state index in [4.69, 9.17) is 0 Å². The second-order valence-electron chi connectivity index (χ2n) is 8.55. The Balaban J connectivity index is 2.41. The lowest BCUT2D eigenvalue weighted by molar-refractivity contribution is -0.139. The zero-order valence-corrected chi connectivity index (χ0v) is 22.3. The highest BCUT2D eigenvalue weighted by Gasteiger charge is 2.30. The number of halogens is 1. The lowest BCUT2D eigenvalue weighted by Crippen LogP contribution is -2.52. The Labute approximate surface area is 205 Å². The van der Waals surface area contributed by atoms with E-state index in [2.05, 4.69) is 21.2 Å². The summed E-state index contributed by atoms with van der Waals surface area (Å²) in [5, 5.41) is 2.83. The van der Waals surface area contributed by atoms with Crippen molar-refractivity contribution >= 4 is 43.5 Å². The molecule has 0 saturated heterocycles. The number of sulfonamides is 1. The molecule has 0 aliphatic heterocycles. The number of benzene rings is 2. The van der Waals surface area contributed by atoms with E-state index in [1.54, 1.807) is 13.0 Å². The highest BCUT2D eigenvalue weighted by molar-refractivity contribution is 9.10. The van der Waals surface area contributed by atoms with Crippen molar-refractivity contribution in [2.75, 3.05) is 17.1 Å². The number of anilines is 1. The quantitative estimate of drug-likeness (QED) is 0.527. The van der Waals surface area contributed by atoms with Crippen molar-refractivity contribution < 1.29 is 18.0 Å². The van der Waals surface area contributed by atoms with E-state index in [0.717, 1.165) is 31.7 Å². The third kappa shape index (κ3) is 7.57. The summed E-state index contributed by atoms with van der Waals surface area (Å²) in [4.78, 5) is 27.6. The molecule has 0 aliphatic carbocycles. The van der Waals surface area contributed by atoms with E-state index in [9.17, 15) is 18.0 Å². The number of hydrogen-bond donors (Lipinski definition) is 1. The minimum Gasteiger partial charge on any atom is -0.352 e. The van der Waals surface area contributed by atoms with Gasteiger partial charge in [-0.05, 0) is 63.9 Å². The van der Waals surface area contributed by atoms with E-state index < -0.39 is 28.5 Å². The lowest BCUT2D eigenvalue weighted by atomic mass is 10.1. The van der Waals surface area contributed by atoms with Gasteiger partial charge in [0.15, 0.2) is 0 Å². The van der Waals surface area contributed by atoms with Gasteiger partial charge in [0.1, 0.15) is 12.6 Å². The molecule has 2 aromatic carbocycles. The Hall–Kier alpha value is -2.39. The fourth-order valence-corrected chi connectivity index (χ4v) is 4.63. The van der Waals surface area contributed by atoms with Gasteiger partial charge in [-0.15, -0.1) is 0 Å². The Bertz CT molecular complexity index is 1100. The van der Waals surface area contributed by atoms with E-state index in [1.807, 2.05) is 64.1 Å². The molecule has 0 aromatic heterocycles. The van der Waals surface area contributed by atoms with Crippen molar-refractivity contribution in [3.05, 3.63) is 63.6 Å². The topological polar surface area (TPSA) is 86.8 Å². The van der Waals surface area contributed by atoms with Crippen LogP contribution in [0.15, 0.2) is 46.9 Å². The predicted molar refractivity (Wildman–Crippen MR) is 136 cm³/mol. The van der Waals surface area contributed by atoms with Crippen molar-refractivity contribution in [3.63, 3.8) is 0 Å². The largest absolute Gasteiger partial charge is 0.352 e. The molecule has 7 nitrogen and oxygen atoms in total. The summed E-state index contributed by atoms with van der Waals surface area (Å²) in [6.07, 6.45) is 1.08. The SMILES string of the molecule is Cc1ccc(N(CC(=O)N(Cc2ccc(Br)cc2)[C@@H](C)C(=O)NC(C)C)S(C)(=O)=O)c(C)c1. The number of rotatable bonds is 9. The fourth-order valence-electron chi connectivity index (χ4n) is 3.45. The summed E-state index contributed by atoms with van der Waals surface area (Å²) in [6.45, 7) is 8.83. The van der Waals surface area contributed by atoms with E-state index >= 15 is 0 Å². The maximum absolute atomic E-state index is 13.5. The van der Waals surface area contributed by atoms with Gasteiger partial charge >= 0.3 is 0 Å². The van der Waals surface area contributed by atoms with Gasteiger partial charge in [-0.3, -0.25) is 13.9 Å². The van der Waals surface area contributed by atoms with Gasteiger partial charge in [-0.2, -0.15) is 0 Å². The van der Waals surface area contributed by atoms with E-state index in [1.165, 1.54) is 4.90 Å². The summed E-state index contributed by atoms with van der Waals surface area (Å²) >= 11 is 3.39. The molecule has 1 N–H and O–H groups in total. The first kappa shape index (κ1) is 26.9. The molecule has 0 aliphatic rings. The van der Waals surface area contributed by atoms with Crippen LogP contribution in [0.1, 0.15) is 37.5 Å². The molecule has 2 rings (SSSR count). The molecule has 0 unspecified atom stereocenters. The number of carbonyl (C=O) groups is 2. The standard InChI is InChI=1S/C24H32BrN3O4S/c1-16(2)26-24(30)19(5)27(14-20-8-10-21(25)11-9-20)23(29)15-28(33(6,31)32)22-12-7-17(3)13-18(22)4/h7-13,16,19H,14-15H2,1-6H3,(H,26,30)/t19-/m0/s1. The third-order valence-electron chi connectivity index (χ3n) is 5.16. The van der Waals surface area contributed by atoms with Crippen LogP contribution >= 0.6 is 15.9 Å². The first-order valence-corrected chi connectivity index (χ1v) is 13.3. The predicted octanol–water partition coefficient (Wildman–Crippen LogP) is 3.77. The van der Waals surface area contributed by atoms with Gasteiger partial charge < -0.3 is 10.2 Å². The van der Waals surface area contributed by atoms with Crippen molar-refractivity contribution in [2.45, 2.75) is 53.2 Å². The molecule has 0 spiro atoms. The Morgan fingerprint density at radius 2 is 1.64 bits per heavy atom.